The highest BCUT2D eigenvalue weighted by Gasteiger charge is 2.18. The van der Waals surface area contributed by atoms with Gasteiger partial charge in [0, 0.05) is 18.2 Å². The van der Waals surface area contributed by atoms with Gasteiger partial charge in [-0.2, -0.15) is 0 Å². The molecule has 0 amide bonds. The van der Waals surface area contributed by atoms with Gasteiger partial charge in [0.2, 0.25) is 0 Å². The summed E-state index contributed by atoms with van der Waals surface area (Å²) in [5, 5.41) is 9.09. The first-order valence-electron chi connectivity index (χ1n) is 6.76. The van der Waals surface area contributed by atoms with E-state index in [1.165, 1.54) is 18.2 Å². The van der Waals surface area contributed by atoms with E-state index in [-0.39, 0.29) is 25.0 Å². The molecule has 106 valence electrons. The first-order chi connectivity index (χ1) is 9.12. The Morgan fingerprint density at radius 3 is 2.58 bits per heavy atom. The number of benzene rings is 1. The minimum atomic E-state index is -0.401. The van der Waals surface area contributed by atoms with Gasteiger partial charge in [0.1, 0.15) is 5.82 Å². The van der Waals surface area contributed by atoms with E-state index >= 15 is 0 Å². The van der Waals surface area contributed by atoms with Crippen molar-refractivity contribution in [1.82, 2.24) is 4.90 Å². The van der Waals surface area contributed by atoms with E-state index in [0.29, 0.717) is 12.1 Å². The Balaban J connectivity index is 2.75. The Labute approximate surface area is 114 Å². The van der Waals surface area contributed by atoms with E-state index in [9.17, 15) is 9.18 Å². The van der Waals surface area contributed by atoms with Crippen LogP contribution in [0.2, 0.25) is 0 Å². The van der Waals surface area contributed by atoms with Gasteiger partial charge >= 0.3 is 0 Å². The molecule has 1 rings (SSSR count). The number of rotatable bonds is 8. The SMILES string of the molecule is CCC(CC)N(CCO)CC(=O)c1cccc(F)c1. The van der Waals surface area contributed by atoms with Crippen LogP contribution in [0.3, 0.4) is 0 Å². The van der Waals surface area contributed by atoms with Gasteiger partial charge in [-0.3, -0.25) is 9.69 Å². The zero-order valence-corrected chi connectivity index (χ0v) is 11.6. The Hall–Kier alpha value is -1.26. The number of Topliss-reactive ketones (excluding diaryl/α,β-unsaturated/α-hetero) is 1. The van der Waals surface area contributed by atoms with E-state index < -0.39 is 5.82 Å². The molecule has 0 saturated heterocycles. The minimum absolute atomic E-state index is 0.0208. The number of halogens is 1. The fourth-order valence-corrected chi connectivity index (χ4v) is 2.26. The summed E-state index contributed by atoms with van der Waals surface area (Å²) < 4.78 is 13.1. The molecule has 0 aliphatic rings. The zero-order valence-electron chi connectivity index (χ0n) is 11.6. The highest BCUT2D eigenvalue weighted by Crippen LogP contribution is 2.11. The van der Waals surface area contributed by atoms with Crippen LogP contribution in [0.15, 0.2) is 24.3 Å². The van der Waals surface area contributed by atoms with Crippen LogP contribution in [0, 0.1) is 5.82 Å². The number of ketones is 1. The lowest BCUT2D eigenvalue weighted by molar-refractivity contribution is 0.0850. The lowest BCUT2D eigenvalue weighted by atomic mass is 10.1. The average Bonchev–Trinajstić information content (AvgIpc) is 2.40. The second kappa shape index (κ2) is 8.02. The largest absolute Gasteiger partial charge is 0.395 e. The molecule has 0 unspecified atom stereocenters. The van der Waals surface area contributed by atoms with Crippen molar-refractivity contribution in [2.24, 2.45) is 0 Å². The van der Waals surface area contributed by atoms with Gasteiger partial charge in [-0.05, 0) is 25.0 Å². The number of nitrogens with zero attached hydrogens (tertiary/aromatic N) is 1. The van der Waals surface area contributed by atoms with Crippen LogP contribution >= 0.6 is 0 Å². The van der Waals surface area contributed by atoms with Crippen molar-refractivity contribution in [3.63, 3.8) is 0 Å². The third-order valence-corrected chi connectivity index (χ3v) is 3.34. The maximum Gasteiger partial charge on any atom is 0.176 e. The molecule has 0 aliphatic carbocycles. The molecule has 0 fully saturated rings. The highest BCUT2D eigenvalue weighted by molar-refractivity contribution is 5.97. The van der Waals surface area contributed by atoms with Crippen molar-refractivity contribution in [3.8, 4) is 0 Å². The third-order valence-electron chi connectivity index (χ3n) is 3.34. The smallest absolute Gasteiger partial charge is 0.176 e. The van der Waals surface area contributed by atoms with Gasteiger partial charge in [-0.25, -0.2) is 4.39 Å². The summed E-state index contributed by atoms with van der Waals surface area (Å²) in [6, 6.07) is 6.01. The average molecular weight is 267 g/mol. The number of carbonyl (C=O) groups is 1. The zero-order chi connectivity index (χ0) is 14.3. The molecule has 0 aliphatic heterocycles. The minimum Gasteiger partial charge on any atom is -0.395 e. The molecule has 0 spiro atoms. The van der Waals surface area contributed by atoms with Crippen molar-refractivity contribution in [2.75, 3.05) is 19.7 Å². The maximum atomic E-state index is 13.1. The van der Waals surface area contributed by atoms with E-state index in [2.05, 4.69) is 13.8 Å². The standard InChI is InChI=1S/C15H22FNO2/c1-3-14(4-2)17(8-9-18)11-15(19)12-6-5-7-13(16)10-12/h5-7,10,14,18H,3-4,8-9,11H2,1-2H3. The summed E-state index contributed by atoms with van der Waals surface area (Å²) in [6.07, 6.45) is 1.85. The van der Waals surface area contributed by atoms with Crippen LogP contribution in [0.25, 0.3) is 0 Å². The van der Waals surface area contributed by atoms with Crippen molar-refractivity contribution in [2.45, 2.75) is 32.7 Å². The molecule has 1 N–H and O–H groups in total. The van der Waals surface area contributed by atoms with Crippen LogP contribution in [-0.2, 0) is 0 Å². The summed E-state index contributed by atoms with van der Waals surface area (Å²) >= 11 is 0. The summed E-state index contributed by atoms with van der Waals surface area (Å²) in [6.45, 7) is 4.83. The van der Waals surface area contributed by atoms with Gasteiger partial charge in [-0.15, -0.1) is 0 Å². The van der Waals surface area contributed by atoms with Gasteiger partial charge in [-0.1, -0.05) is 26.0 Å². The molecule has 4 heteroatoms. The summed E-state index contributed by atoms with van der Waals surface area (Å²) in [5.74, 6) is -0.512. The Kier molecular flexibility index (Phi) is 6.67. The van der Waals surface area contributed by atoms with Crippen molar-refractivity contribution in [3.05, 3.63) is 35.6 Å². The number of hydrogen-bond acceptors (Lipinski definition) is 3. The lowest BCUT2D eigenvalue weighted by Gasteiger charge is -2.29. The summed E-state index contributed by atoms with van der Waals surface area (Å²) in [4.78, 5) is 14.1. The monoisotopic (exact) mass is 267 g/mol. The molecule has 0 saturated carbocycles. The Morgan fingerprint density at radius 1 is 1.37 bits per heavy atom. The maximum absolute atomic E-state index is 13.1. The number of carbonyl (C=O) groups excluding carboxylic acids is 1. The predicted molar refractivity (Wildman–Crippen MR) is 73.8 cm³/mol. The normalized spacial score (nSPS) is 11.3. The molecule has 0 bridgehead atoms. The Bertz CT molecular complexity index is 405. The summed E-state index contributed by atoms with van der Waals surface area (Å²) in [5.41, 5.74) is 0.383. The predicted octanol–water partition coefficient (Wildman–Crippen LogP) is 2.49. The molecule has 1 aromatic rings. The van der Waals surface area contributed by atoms with Gasteiger partial charge in [0.05, 0.1) is 13.2 Å². The summed E-state index contributed by atoms with van der Waals surface area (Å²) in [7, 11) is 0. The topological polar surface area (TPSA) is 40.5 Å². The molecule has 3 nitrogen and oxygen atoms in total. The molecule has 1 aromatic carbocycles. The third kappa shape index (κ3) is 4.73. The number of aliphatic hydroxyl groups is 1. The van der Waals surface area contributed by atoms with Crippen LogP contribution in [0.5, 0.6) is 0 Å². The first kappa shape index (κ1) is 15.8. The molecular weight excluding hydrogens is 245 g/mol. The number of hydrogen-bond donors (Lipinski definition) is 1. The van der Waals surface area contributed by atoms with E-state index in [1.807, 2.05) is 4.90 Å². The van der Waals surface area contributed by atoms with Crippen molar-refractivity contribution >= 4 is 5.78 Å². The van der Waals surface area contributed by atoms with E-state index in [0.717, 1.165) is 12.8 Å². The quantitative estimate of drug-likeness (QED) is 0.736. The number of aliphatic hydroxyl groups excluding tert-OH is 1. The molecule has 0 aromatic heterocycles. The van der Waals surface area contributed by atoms with Crippen molar-refractivity contribution in [1.29, 1.82) is 0 Å². The van der Waals surface area contributed by atoms with Crippen LogP contribution in [-0.4, -0.2) is 41.5 Å². The lowest BCUT2D eigenvalue weighted by Crippen LogP contribution is -2.40. The molecule has 19 heavy (non-hydrogen) atoms. The molecule has 0 atom stereocenters. The van der Waals surface area contributed by atoms with E-state index in [1.54, 1.807) is 6.07 Å². The van der Waals surface area contributed by atoms with Crippen LogP contribution < -0.4 is 0 Å². The fraction of sp³-hybridized carbons (Fsp3) is 0.533. The van der Waals surface area contributed by atoms with Crippen LogP contribution in [0.4, 0.5) is 4.39 Å². The highest BCUT2D eigenvalue weighted by atomic mass is 19.1. The molecule has 0 radical (unpaired) electrons. The molecular formula is C15H22FNO2. The van der Waals surface area contributed by atoms with E-state index in [4.69, 9.17) is 5.11 Å². The van der Waals surface area contributed by atoms with Gasteiger partial charge < -0.3 is 5.11 Å². The van der Waals surface area contributed by atoms with Gasteiger partial charge in [0.25, 0.3) is 0 Å². The second-order valence-electron chi connectivity index (χ2n) is 4.60. The Morgan fingerprint density at radius 2 is 2.05 bits per heavy atom. The van der Waals surface area contributed by atoms with Crippen molar-refractivity contribution < 1.29 is 14.3 Å². The molecule has 0 heterocycles. The van der Waals surface area contributed by atoms with Gasteiger partial charge in [0.15, 0.2) is 5.78 Å². The first-order valence-corrected chi connectivity index (χ1v) is 6.76. The fourth-order valence-electron chi connectivity index (χ4n) is 2.26. The second-order valence-corrected chi connectivity index (χ2v) is 4.60. The van der Waals surface area contributed by atoms with Crippen LogP contribution in [0.1, 0.15) is 37.0 Å².